The van der Waals surface area contributed by atoms with Crippen LogP contribution in [0.25, 0.3) is 0 Å². The molecule has 2 unspecified atom stereocenters. The van der Waals surface area contributed by atoms with Crippen molar-refractivity contribution in [2.75, 3.05) is 26.9 Å². The summed E-state index contributed by atoms with van der Waals surface area (Å²) in [6.45, 7) is 4.58. The summed E-state index contributed by atoms with van der Waals surface area (Å²) in [5.41, 5.74) is 1.22. The largest absolute Gasteiger partial charge is 0.378 e. The highest BCUT2D eigenvalue weighted by Gasteiger charge is 2.35. The minimum atomic E-state index is -0.138. The molecule has 0 amide bonds. The van der Waals surface area contributed by atoms with Crippen molar-refractivity contribution >= 4 is 0 Å². The SMILES string of the molecule is CCCC(NCC1(OC)CCOC1)c1ccccc1. The van der Waals surface area contributed by atoms with Gasteiger partial charge in [-0.1, -0.05) is 43.7 Å². The van der Waals surface area contributed by atoms with Gasteiger partial charge in [0.05, 0.1) is 6.61 Å². The molecule has 1 aliphatic rings. The Kier molecular flexibility index (Phi) is 5.37. The lowest BCUT2D eigenvalue weighted by atomic mass is 9.99. The van der Waals surface area contributed by atoms with E-state index in [1.165, 1.54) is 12.0 Å². The first-order chi connectivity index (χ1) is 9.29. The van der Waals surface area contributed by atoms with Crippen molar-refractivity contribution in [3.63, 3.8) is 0 Å². The number of ether oxygens (including phenoxy) is 2. The number of rotatable bonds is 7. The van der Waals surface area contributed by atoms with Crippen molar-refractivity contribution in [3.05, 3.63) is 35.9 Å². The monoisotopic (exact) mass is 263 g/mol. The van der Waals surface area contributed by atoms with Gasteiger partial charge < -0.3 is 14.8 Å². The predicted molar refractivity (Wildman–Crippen MR) is 77.3 cm³/mol. The molecule has 1 heterocycles. The van der Waals surface area contributed by atoms with Crippen LogP contribution < -0.4 is 5.32 Å². The van der Waals surface area contributed by atoms with Crippen LogP contribution in [-0.4, -0.2) is 32.5 Å². The van der Waals surface area contributed by atoms with Crippen LogP contribution in [0.15, 0.2) is 30.3 Å². The standard InChI is InChI=1S/C16H25NO2/c1-3-7-15(14-8-5-4-6-9-14)17-12-16(18-2)10-11-19-13-16/h4-6,8-9,15,17H,3,7,10-13H2,1-2H3. The predicted octanol–water partition coefficient (Wildman–Crippen LogP) is 2.92. The number of benzene rings is 1. The Morgan fingerprint density at radius 1 is 1.37 bits per heavy atom. The molecule has 0 saturated carbocycles. The first-order valence-electron chi connectivity index (χ1n) is 7.21. The van der Waals surface area contributed by atoms with E-state index in [0.29, 0.717) is 12.6 Å². The molecular formula is C16H25NO2. The van der Waals surface area contributed by atoms with Crippen molar-refractivity contribution in [1.82, 2.24) is 5.32 Å². The molecule has 106 valence electrons. The maximum Gasteiger partial charge on any atom is 0.106 e. The highest BCUT2D eigenvalue weighted by molar-refractivity contribution is 5.19. The number of hydrogen-bond acceptors (Lipinski definition) is 3. The second-order valence-corrected chi connectivity index (χ2v) is 5.32. The molecule has 1 aliphatic heterocycles. The van der Waals surface area contributed by atoms with Crippen molar-refractivity contribution in [1.29, 1.82) is 0 Å². The van der Waals surface area contributed by atoms with Crippen LogP contribution in [0.3, 0.4) is 0 Å². The van der Waals surface area contributed by atoms with Crippen molar-refractivity contribution in [2.45, 2.75) is 37.8 Å². The van der Waals surface area contributed by atoms with E-state index < -0.39 is 0 Å². The van der Waals surface area contributed by atoms with Crippen LogP contribution in [0.1, 0.15) is 37.8 Å². The summed E-state index contributed by atoms with van der Waals surface area (Å²) in [6.07, 6.45) is 3.29. The molecule has 1 aromatic rings. The molecule has 19 heavy (non-hydrogen) atoms. The second kappa shape index (κ2) is 7.04. The van der Waals surface area contributed by atoms with Gasteiger partial charge in [0.1, 0.15) is 5.60 Å². The van der Waals surface area contributed by atoms with Crippen molar-refractivity contribution in [3.8, 4) is 0 Å². The van der Waals surface area contributed by atoms with Gasteiger partial charge in [-0.25, -0.2) is 0 Å². The van der Waals surface area contributed by atoms with Crippen LogP contribution in [0.5, 0.6) is 0 Å². The van der Waals surface area contributed by atoms with E-state index in [9.17, 15) is 0 Å². The first-order valence-corrected chi connectivity index (χ1v) is 7.21. The van der Waals surface area contributed by atoms with Gasteiger partial charge in [0.15, 0.2) is 0 Å². The van der Waals surface area contributed by atoms with Crippen LogP contribution in [-0.2, 0) is 9.47 Å². The van der Waals surface area contributed by atoms with Crippen LogP contribution in [0.2, 0.25) is 0 Å². The van der Waals surface area contributed by atoms with Gasteiger partial charge in [-0.05, 0) is 12.0 Å². The minimum Gasteiger partial charge on any atom is -0.378 e. The summed E-state index contributed by atoms with van der Waals surface area (Å²) < 4.78 is 11.2. The Morgan fingerprint density at radius 2 is 2.16 bits per heavy atom. The third kappa shape index (κ3) is 3.78. The summed E-state index contributed by atoms with van der Waals surface area (Å²) in [5.74, 6) is 0. The fourth-order valence-corrected chi connectivity index (χ4v) is 2.63. The van der Waals surface area contributed by atoms with Gasteiger partial charge >= 0.3 is 0 Å². The maximum absolute atomic E-state index is 5.68. The zero-order chi connectivity index (χ0) is 13.6. The third-order valence-corrected chi connectivity index (χ3v) is 3.95. The highest BCUT2D eigenvalue weighted by atomic mass is 16.5. The first kappa shape index (κ1) is 14.5. The smallest absolute Gasteiger partial charge is 0.106 e. The highest BCUT2D eigenvalue weighted by Crippen LogP contribution is 2.24. The van der Waals surface area contributed by atoms with Crippen molar-refractivity contribution < 1.29 is 9.47 Å². The van der Waals surface area contributed by atoms with E-state index in [4.69, 9.17) is 9.47 Å². The van der Waals surface area contributed by atoms with E-state index in [0.717, 1.165) is 26.0 Å². The van der Waals surface area contributed by atoms with Crippen LogP contribution >= 0.6 is 0 Å². The molecule has 1 saturated heterocycles. The lowest BCUT2D eigenvalue weighted by molar-refractivity contribution is -0.0177. The Balaban J connectivity index is 1.97. The second-order valence-electron chi connectivity index (χ2n) is 5.32. The fraction of sp³-hybridized carbons (Fsp3) is 0.625. The molecule has 2 rings (SSSR count). The van der Waals surface area contributed by atoms with E-state index in [2.05, 4.69) is 42.6 Å². The lowest BCUT2D eigenvalue weighted by Crippen LogP contribution is -2.44. The van der Waals surface area contributed by atoms with Gasteiger partial charge in [0.2, 0.25) is 0 Å². The Hall–Kier alpha value is -0.900. The third-order valence-electron chi connectivity index (χ3n) is 3.95. The summed E-state index contributed by atoms with van der Waals surface area (Å²) in [5, 5.41) is 3.67. The van der Waals surface area contributed by atoms with Gasteiger partial charge in [-0.2, -0.15) is 0 Å². The number of nitrogens with one attached hydrogen (secondary N) is 1. The summed E-state index contributed by atoms with van der Waals surface area (Å²) >= 11 is 0. The topological polar surface area (TPSA) is 30.5 Å². The summed E-state index contributed by atoms with van der Waals surface area (Å²) in [6, 6.07) is 11.1. The van der Waals surface area contributed by atoms with Crippen LogP contribution in [0, 0.1) is 0 Å². The Bertz CT molecular complexity index is 360. The quantitative estimate of drug-likeness (QED) is 0.820. The molecule has 2 atom stereocenters. The zero-order valence-corrected chi connectivity index (χ0v) is 12.0. The Morgan fingerprint density at radius 3 is 2.74 bits per heavy atom. The molecule has 0 bridgehead atoms. The molecule has 0 aromatic heterocycles. The van der Waals surface area contributed by atoms with Gasteiger partial charge in [-0.3, -0.25) is 0 Å². The summed E-state index contributed by atoms with van der Waals surface area (Å²) in [4.78, 5) is 0. The summed E-state index contributed by atoms with van der Waals surface area (Å²) in [7, 11) is 1.79. The van der Waals surface area contributed by atoms with Crippen molar-refractivity contribution in [2.24, 2.45) is 0 Å². The van der Waals surface area contributed by atoms with Crippen LogP contribution in [0.4, 0.5) is 0 Å². The molecule has 0 aliphatic carbocycles. The molecular weight excluding hydrogens is 238 g/mol. The molecule has 1 fully saturated rings. The molecule has 3 nitrogen and oxygen atoms in total. The lowest BCUT2D eigenvalue weighted by Gasteiger charge is -2.29. The zero-order valence-electron chi connectivity index (χ0n) is 12.0. The molecule has 1 N–H and O–H groups in total. The minimum absolute atomic E-state index is 0.138. The maximum atomic E-state index is 5.68. The Labute approximate surface area is 116 Å². The normalized spacial score (nSPS) is 24.5. The van der Waals surface area contributed by atoms with Gasteiger partial charge in [-0.15, -0.1) is 0 Å². The van der Waals surface area contributed by atoms with Gasteiger partial charge in [0, 0.05) is 32.7 Å². The van der Waals surface area contributed by atoms with E-state index in [1.54, 1.807) is 7.11 Å². The van der Waals surface area contributed by atoms with E-state index in [1.807, 2.05) is 0 Å². The fourth-order valence-electron chi connectivity index (χ4n) is 2.63. The van der Waals surface area contributed by atoms with E-state index >= 15 is 0 Å². The van der Waals surface area contributed by atoms with E-state index in [-0.39, 0.29) is 5.60 Å². The number of methoxy groups -OCH3 is 1. The van der Waals surface area contributed by atoms with Gasteiger partial charge in [0.25, 0.3) is 0 Å². The molecule has 1 aromatic carbocycles. The average molecular weight is 263 g/mol. The molecule has 0 radical (unpaired) electrons. The number of hydrogen-bond donors (Lipinski definition) is 1. The molecule has 3 heteroatoms. The molecule has 0 spiro atoms. The average Bonchev–Trinajstić information content (AvgIpc) is 2.94.